The average Bonchev–Trinajstić information content (AvgIpc) is 2.82. The van der Waals surface area contributed by atoms with E-state index < -0.39 is 0 Å². The summed E-state index contributed by atoms with van der Waals surface area (Å²) in [4.78, 5) is 16.7. The number of hydrogen-bond acceptors (Lipinski definition) is 4. The Morgan fingerprint density at radius 1 is 1.29 bits per heavy atom. The minimum Gasteiger partial charge on any atom is -0.340 e. The van der Waals surface area contributed by atoms with Crippen molar-refractivity contribution in [2.24, 2.45) is 11.7 Å². The molecule has 0 spiro atoms. The molecule has 1 aromatic heterocycles. The van der Waals surface area contributed by atoms with E-state index in [1.54, 1.807) is 0 Å². The molecule has 1 atom stereocenters. The highest BCUT2D eigenvalue weighted by molar-refractivity contribution is 5.85. The van der Waals surface area contributed by atoms with E-state index in [1.165, 1.54) is 5.56 Å². The Morgan fingerprint density at radius 3 is 2.71 bits per heavy atom. The third-order valence-electron chi connectivity index (χ3n) is 4.45. The standard InChI is InChI=1S/C17H31N5O.ClH/c1-4-6-22-13-15(11-19-22)12-20-7-5-8-21(10-9-20)17(23)16(18)14(2)3;/h11,13-14,16H,4-10,12,18H2,1-3H3;1H/t16-;/m0./s1. The van der Waals surface area contributed by atoms with Crippen LogP contribution in [0.2, 0.25) is 0 Å². The van der Waals surface area contributed by atoms with Crippen molar-refractivity contribution in [1.82, 2.24) is 19.6 Å². The zero-order valence-electron chi connectivity index (χ0n) is 15.1. The Morgan fingerprint density at radius 2 is 2.04 bits per heavy atom. The fourth-order valence-corrected chi connectivity index (χ4v) is 2.94. The van der Waals surface area contributed by atoms with Gasteiger partial charge >= 0.3 is 0 Å². The van der Waals surface area contributed by atoms with E-state index in [1.807, 2.05) is 29.6 Å². The van der Waals surface area contributed by atoms with Crippen LogP contribution in [0.3, 0.4) is 0 Å². The van der Waals surface area contributed by atoms with Gasteiger partial charge in [-0.05, 0) is 18.8 Å². The Labute approximate surface area is 151 Å². The van der Waals surface area contributed by atoms with Gasteiger partial charge in [-0.2, -0.15) is 5.10 Å². The molecule has 1 saturated heterocycles. The largest absolute Gasteiger partial charge is 0.340 e. The van der Waals surface area contributed by atoms with Gasteiger partial charge in [0.2, 0.25) is 5.91 Å². The highest BCUT2D eigenvalue weighted by atomic mass is 35.5. The number of aromatic nitrogens is 2. The van der Waals surface area contributed by atoms with Gasteiger partial charge in [-0.3, -0.25) is 14.4 Å². The second-order valence-electron chi connectivity index (χ2n) is 6.84. The summed E-state index contributed by atoms with van der Waals surface area (Å²) in [5.74, 6) is 0.281. The molecule has 7 heteroatoms. The molecule has 2 N–H and O–H groups in total. The van der Waals surface area contributed by atoms with Gasteiger partial charge in [-0.1, -0.05) is 20.8 Å². The van der Waals surface area contributed by atoms with Crippen molar-refractivity contribution in [3.05, 3.63) is 18.0 Å². The number of nitrogens with zero attached hydrogens (tertiary/aromatic N) is 4. The molecule has 0 bridgehead atoms. The summed E-state index contributed by atoms with van der Waals surface area (Å²) in [5, 5.41) is 4.39. The van der Waals surface area contributed by atoms with Gasteiger partial charge < -0.3 is 10.6 Å². The summed E-state index contributed by atoms with van der Waals surface area (Å²) < 4.78 is 2.00. The molecule has 0 saturated carbocycles. The van der Waals surface area contributed by atoms with Gasteiger partial charge in [-0.15, -0.1) is 12.4 Å². The molecule has 0 aliphatic carbocycles. The first-order valence-electron chi connectivity index (χ1n) is 8.79. The Hall–Kier alpha value is -1.11. The topological polar surface area (TPSA) is 67.4 Å². The molecule has 2 rings (SSSR count). The number of nitrogens with two attached hydrogens (primary N) is 1. The van der Waals surface area contributed by atoms with Crippen LogP contribution in [-0.2, 0) is 17.9 Å². The molecule has 6 nitrogen and oxygen atoms in total. The monoisotopic (exact) mass is 357 g/mol. The molecular formula is C17H32ClN5O. The highest BCUT2D eigenvalue weighted by Crippen LogP contribution is 2.11. The van der Waals surface area contributed by atoms with Gasteiger partial charge in [-0.25, -0.2) is 0 Å². The summed E-state index contributed by atoms with van der Waals surface area (Å²) in [7, 11) is 0. The highest BCUT2D eigenvalue weighted by Gasteiger charge is 2.25. The van der Waals surface area contributed by atoms with Crippen molar-refractivity contribution in [2.75, 3.05) is 26.2 Å². The minimum atomic E-state index is -0.381. The lowest BCUT2D eigenvalue weighted by atomic mass is 10.0. The minimum absolute atomic E-state index is 0. The first-order valence-corrected chi connectivity index (χ1v) is 8.79. The number of aryl methyl sites for hydroxylation is 1. The zero-order chi connectivity index (χ0) is 16.8. The van der Waals surface area contributed by atoms with Crippen LogP contribution in [0, 0.1) is 5.92 Å². The molecule has 1 amide bonds. The maximum Gasteiger partial charge on any atom is 0.239 e. The van der Waals surface area contributed by atoms with E-state index >= 15 is 0 Å². The lowest BCUT2D eigenvalue weighted by molar-refractivity contribution is -0.133. The third kappa shape index (κ3) is 5.76. The van der Waals surface area contributed by atoms with Gasteiger partial charge in [0, 0.05) is 51.0 Å². The van der Waals surface area contributed by atoms with Crippen LogP contribution in [0.25, 0.3) is 0 Å². The number of carbonyl (C=O) groups excluding carboxylic acids is 1. The van der Waals surface area contributed by atoms with Crippen LogP contribution in [0.1, 0.15) is 39.2 Å². The molecule has 1 aliphatic heterocycles. The second kappa shape index (κ2) is 10.0. The Bertz CT molecular complexity index is 505. The van der Waals surface area contributed by atoms with E-state index in [0.717, 1.165) is 52.1 Å². The third-order valence-corrected chi connectivity index (χ3v) is 4.45. The fraction of sp³-hybridized carbons (Fsp3) is 0.765. The van der Waals surface area contributed by atoms with E-state index in [0.29, 0.717) is 0 Å². The summed E-state index contributed by atoms with van der Waals surface area (Å²) >= 11 is 0. The van der Waals surface area contributed by atoms with Crippen LogP contribution < -0.4 is 5.73 Å². The van der Waals surface area contributed by atoms with Crippen molar-refractivity contribution in [2.45, 2.75) is 52.7 Å². The lowest BCUT2D eigenvalue weighted by Gasteiger charge is -2.26. The Kier molecular flexibility index (Phi) is 8.73. The first-order chi connectivity index (χ1) is 11.0. The van der Waals surface area contributed by atoms with Crippen LogP contribution in [0.5, 0.6) is 0 Å². The van der Waals surface area contributed by atoms with Crippen LogP contribution in [0.15, 0.2) is 12.4 Å². The lowest BCUT2D eigenvalue weighted by Crippen LogP contribution is -2.47. The summed E-state index contributed by atoms with van der Waals surface area (Å²) in [6.45, 7) is 11.5. The normalized spacial score (nSPS) is 17.5. The molecular weight excluding hydrogens is 326 g/mol. The zero-order valence-corrected chi connectivity index (χ0v) is 16.0. The molecule has 1 aliphatic rings. The SMILES string of the molecule is CCCn1cc(CN2CCCN(C(=O)[C@@H](N)C(C)C)CC2)cn1.Cl. The fourth-order valence-electron chi connectivity index (χ4n) is 2.94. The molecule has 0 aromatic carbocycles. The van der Waals surface area contributed by atoms with Crippen molar-refractivity contribution < 1.29 is 4.79 Å². The maximum absolute atomic E-state index is 12.4. The van der Waals surface area contributed by atoms with E-state index in [4.69, 9.17) is 5.73 Å². The van der Waals surface area contributed by atoms with E-state index in [2.05, 4.69) is 23.1 Å². The first kappa shape index (κ1) is 20.9. The summed E-state index contributed by atoms with van der Waals surface area (Å²) in [5.41, 5.74) is 7.26. The molecule has 24 heavy (non-hydrogen) atoms. The van der Waals surface area contributed by atoms with E-state index in [9.17, 15) is 4.79 Å². The average molecular weight is 358 g/mol. The molecule has 1 aromatic rings. The molecule has 0 unspecified atom stereocenters. The molecule has 2 heterocycles. The van der Waals surface area contributed by atoms with Crippen LogP contribution in [-0.4, -0.2) is 57.7 Å². The van der Waals surface area contributed by atoms with Crippen molar-refractivity contribution in [3.63, 3.8) is 0 Å². The van der Waals surface area contributed by atoms with Gasteiger partial charge in [0.15, 0.2) is 0 Å². The number of hydrogen-bond donors (Lipinski definition) is 1. The predicted molar refractivity (Wildman–Crippen MR) is 99.1 cm³/mol. The predicted octanol–water partition coefficient (Wildman–Crippen LogP) is 1.73. The van der Waals surface area contributed by atoms with Crippen molar-refractivity contribution in [3.8, 4) is 0 Å². The number of carbonyl (C=O) groups is 1. The smallest absolute Gasteiger partial charge is 0.239 e. The molecule has 1 fully saturated rings. The molecule has 0 radical (unpaired) electrons. The quantitative estimate of drug-likeness (QED) is 0.842. The summed E-state index contributed by atoms with van der Waals surface area (Å²) in [6, 6.07) is -0.381. The van der Waals surface area contributed by atoms with E-state index in [-0.39, 0.29) is 30.3 Å². The number of rotatable bonds is 6. The number of halogens is 1. The van der Waals surface area contributed by atoms with Crippen LogP contribution >= 0.6 is 12.4 Å². The van der Waals surface area contributed by atoms with Gasteiger partial charge in [0.1, 0.15) is 0 Å². The van der Waals surface area contributed by atoms with Crippen molar-refractivity contribution in [1.29, 1.82) is 0 Å². The molecule has 138 valence electrons. The van der Waals surface area contributed by atoms with Gasteiger partial charge in [0.05, 0.1) is 12.2 Å². The van der Waals surface area contributed by atoms with Crippen LogP contribution in [0.4, 0.5) is 0 Å². The second-order valence-corrected chi connectivity index (χ2v) is 6.84. The van der Waals surface area contributed by atoms with Gasteiger partial charge in [0.25, 0.3) is 0 Å². The van der Waals surface area contributed by atoms with Crippen molar-refractivity contribution >= 4 is 18.3 Å². The number of amides is 1. The summed E-state index contributed by atoms with van der Waals surface area (Å²) in [6.07, 6.45) is 6.18. The Balaban J connectivity index is 0.00000288. The maximum atomic E-state index is 12.4.